The molecule has 1 aromatic heterocycles. The maximum atomic E-state index is 12.6. The van der Waals surface area contributed by atoms with Crippen molar-refractivity contribution in [3.63, 3.8) is 0 Å². The van der Waals surface area contributed by atoms with E-state index in [0.29, 0.717) is 17.7 Å². The molecule has 1 aromatic carbocycles. The number of hydrogen-bond acceptors (Lipinski definition) is 6. The number of imide groups is 1. The minimum Gasteiger partial charge on any atom is -0.497 e. The van der Waals surface area contributed by atoms with Gasteiger partial charge in [-0.1, -0.05) is 12.1 Å². The quantitative estimate of drug-likeness (QED) is 0.632. The number of ether oxygens (including phenoxy) is 1. The lowest BCUT2D eigenvalue weighted by Crippen LogP contribution is -2.37. The molecule has 0 bridgehead atoms. The van der Waals surface area contributed by atoms with E-state index in [-0.39, 0.29) is 30.1 Å². The van der Waals surface area contributed by atoms with Gasteiger partial charge in [-0.2, -0.15) is 5.10 Å². The van der Waals surface area contributed by atoms with Crippen LogP contribution >= 0.6 is 11.8 Å². The number of thioether (sulfide) groups is 1. The number of amides is 3. The Kier molecular flexibility index (Phi) is 7.17. The summed E-state index contributed by atoms with van der Waals surface area (Å²) in [5, 5.41) is 6.81. The maximum Gasteiger partial charge on any atom is 0.293 e. The molecule has 0 unspecified atom stereocenters. The second-order valence-electron chi connectivity index (χ2n) is 7.23. The van der Waals surface area contributed by atoms with E-state index in [0.717, 1.165) is 44.9 Å². The minimum atomic E-state index is -0.346. The van der Waals surface area contributed by atoms with Crippen molar-refractivity contribution in [3.05, 3.63) is 51.7 Å². The summed E-state index contributed by atoms with van der Waals surface area (Å²) in [6.45, 7) is 4.27. The number of nitrogens with one attached hydrogen (secondary N) is 1. The zero-order chi connectivity index (χ0) is 22.5. The summed E-state index contributed by atoms with van der Waals surface area (Å²) in [5.41, 5.74) is 3.86. The van der Waals surface area contributed by atoms with Crippen LogP contribution in [0.25, 0.3) is 6.08 Å². The standard InChI is InChI=1S/C22H26N4O4S/c1-14-18(15(2)25(3)24-14)9-10-20(27)23-11-12-26-21(28)19(31-22(26)29)13-16-5-7-17(30-4)8-6-16/h5-8,13H,9-12H2,1-4H3,(H,23,27). The summed E-state index contributed by atoms with van der Waals surface area (Å²) in [6, 6.07) is 7.22. The molecule has 8 nitrogen and oxygen atoms in total. The first kappa shape index (κ1) is 22.6. The lowest BCUT2D eigenvalue weighted by molar-refractivity contribution is -0.124. The number of hydrogen-bond donors (Lipinski definition) is 1. The average molecular weight is 443 g/mol. The SMILES string of the molecule is COc1ccc(C=C2SC(=O)N(CCNC(=O)CCc3c(C)nn(C)c3C)C2=O)cc1. The van der Waals surface area contributed by atoms with Crippen molar-refractivity contribution in [1.29, 1.82) is 0 Å². The van der Waals surface area contributed by atoms with Crippen LogP contribution in [0.5, 0.6) is 5.75 Å². The molecular formula is C22H26N4O4S. The molecule has 31 heavy (non-hydrogen) atoms. The highest BCUT2D eigenvalue weighted by Gasteiger charge is 2.34. The first-order valence-corrected chi connectivity index (χ1v) is 10.8. The number of nitrogens with zero attached hydrogens (tertiary/aromatic N) is 3. The fourth-order valence-corrected chi connectivity index (χ4v) is 4.22. The highest BCUT2D eigenvalue weighted by molar-refractivity contribution is 8.18. The third kappa shape index (κ3) is 5.35. The minimum absolute atomic E-state index is 0.122. The third-order valence-corrected chi connectivity index (χ3v) is 6.11. The van der Waals surface area contributed by atoms with E-state index in [9.17, 15) is 14.4 Å². The average Bonchev–Trinajstić information content (AvgIpc) is 3.15. The van der Waals surface area contributed by atoms with E-state index in [1.165, 1.54) is 0 Å². The van der Waals surface area contributed by atoms with Gasteiger partial charge in [0.2, 0.25) is 5.91 Å². The molecule has 0 spiro atoms. The summed E-state index contributed by atoms with van der Waals surface area (Å²) in [7, 11) is 3.46. The molecule has 0 aliphatic carbocycles. The van der Waals surface area contributed by atoms with Gasteiger partial charge in [-0.05, 0) is 61.4 Å². The molecule has 1 N–H and O–H groups in total. The molecule has 2 aromatic rings. The van der Waals surface area contributed by atoms with E-state index in [1.54, 1.807) is 25.3 Å². The molecule has 0 radical (unpaired) electrons. The van der Waals surface area contributed by atoms with Crippen LogP contribution in [0.3, 0.4) is 0 Å². The predicted molar refractivity (Wildman–Crippen MR) is 120 cm³/mol. The summed E-state index contributed by atoms with van der Waals surface area (Å²) >= 11 is 0.904. The van der Waals surface area contributed by atoms with Crippen molar-refractivity contribution in [2.75, 3.05) is 20.2 Å². The van der Waals surface area contributed by atoms with Crippen molar-refractivity contribution < 1.29 is 19.1 Å². The Labute approximate surface area is 185 Å². The molecule has 3 rings (SSSR count). The molecule has 9 heteroatoms. The first-order valence-electron chi connectivity index (χ1n) is 9.95. The van der Waals surface area contributed by atoms with Crippen LogP contribution < -0.4 is 10.1 Å². The molecule has 1 aliphatic rings. The summed E-state index contributed by atoms with van der Waals surface area (Å²) in [4.78, 5) is 38.5. The van der Waals surface area contributed by atoms with Crippen LogP contribution in [0.2, 0.25) is 0 Å². The zero-order valence-corrected chi connectivity index (χ0v) is 18.9. The summed E-state index contributed by atoms with van der Waals surface area (Å²) < 4.78 is 6.93. The van der Waals surface area contributed by atoms with Gasteiger partial charge in [-0.15, -0.1) is 0 Å². The van der Waals surface area contributed by atoms with Crippen LogP contribution in [0.4, 0.5) is 4.79 Å². The molecule has 3 amide bonds. The van der Waals surface area contributed by atoms with E-state index >= 15 is 0 Å². The van der Waals surface area contributed by atoms with Gasteiger partial charge >= 0.3 is 0 Å². The molecule has 2 heterocycles. The number of benzene rings is 1. The van der Waals surface area contributed by atoms with Crippen LogP contribution in [0.1, 0.15) is 28.9 Å². The molecule has 1 fully saturated rings. The van der Waals surface area contributed by atoms with Gasteiger partial charge in [0.25, 0.3) is 11.1 Å². The largest absolute Gasteiger partial charge is 0.497 e. The van der Waals surface area contributed by atoms with Gasteiger partial charge in [-0.3, -0.25) is 24.0 Å². The van der Waals surface area contributed by atoms with Gasteiger partial charge in [-0.25, -0.2) is 0 Å². The van der Waals surface area contributed by atoms with E-state index in [4.69, 9.17) is 4.74 Å². The van der Waals surface area contributed by atoms with Crippen molar-refractivity contribution >= 4 is 34.9 Å². The number of aryl methyl sites for hydroxylation is 2. The van der Waals surface area contributed by atoms with Crippen molar-refractivity contribution in [3.8, 4) is 5.75 Å². The second kappa shape index (κ2) is 9.82. The van der Waals surface area contributed by atoms with Crippen LogP contribution in [-0.2, 0) is 23.1 Å². The summed E-state index contributed by atoms with van der Waals surface area (Å²) in [6.07, 6.45) is 2.61. The first-order chi connectivity index (χ1) is 14.8. The Bertz CT molecular complexity index is 1030. The van der Waals surface area contributed by atoms with Gasteiger partial charge in [0.1, 0.15) is 5.75 Å². The fourth-order valence-electron chi connectivity index (χ4n) is 3.36. The van der Waals surface area contributed by atoms with Gasteiger partial charge < -0.3 is 10.1 Å². The molecule has 1 saturated heterocycles. The zero-order valence-electron chi connectivity index (χ0n) is 18.1. The number of carbonyl (C=O) groups excluding carboxylic acids is 3. The van der Waals surface area contributed by atoms with Gasteiger partial charge in [0.05, 0.1) is 17.7 Å². The van der Waals surface area contributed by atoms with E-state index in [2.05, 4.69) is 10.4 Å². The van der Waals surface area contributed by atoms with Gasteiger partial charge in [0, 0.05) is 32.3 Å². The number of methoxy groups -OCH3 is 1. The van der Waals surface area contributed by atoms with E-state index < -0.39 is 0 Å². The Morgan fingerprint density at radius 2 is 1.94 bits per heavy atom. The second-order valence-corrected chi connectivity index (χ2v) is 8.22. The smallest absolute Gasteiger partial charge is 0.293 e. The normalized spacial score (nSPS) is 15.1. The third-order valence-electron chi connectivity index (χ3n) is 5.21. The Morgan fingerprint density at radius 3 is 2.55 bits per heavy atom. The highest BCUT2D eigenvalue weighted by atomic mass is 32.2. The van der Waals surface area contributed by atoms with Crippen molar-refractivity contribution in [2.24, 2.45) is 7.05 Å². The van der Waals surface area contributed by atoms with Gasteiger partial charge in [0.15, 0.2) is 0 Å². The predicted octanol–water partition coefficient (Wildman–Crippen LogP) is 2.83. The van der Waals surface area contributed by atoms with Crippen molar-refractivity contribution in [1.82, 2.24) is 20.0 Å². The highest BCUT2D eigenvalue weighted by Crippen LogP contribution is 2.32. The number of rotatable bonds is 8. The van der Waals surface area contributed by atoms with Crippen LogP contribution in [0.15, 0.2) is 29.2 Å². The molecule has 0 atom stereocenters. The van der Waals surface area contributed by atoms with E-state index in [1.807, 2.05) is 37.7 Å². The van der Waals surface area contributed by atoms with Crippen LogP contribution in [0, 0.1) is 13.8 Å². The number of aromatic nitrogens is 2. The molecule has 1 aliphatic heterocycles. The van der Waals surface area contributed by atoms with Crippen LogP contribution in [-0.4, -0.2) is 51.9 Å². The number of carbonyl (C=O) groups is 3. The Morgan fingerprint density at radius 1 is 1.23 bits per heavy atom. The molecule has 164 valence electrons. The Hall–Kier alpha value is -3.07. The lowest BCUT2D eigenvalue weighted by atomic mass is 10.1. The maximum absolute atomic E-state index is 12.6. The topological polar surface area (TPSA) is 93.5 Å². The fraction of sp³-hybridized carbons (Fsp3) is 0.364. The molecular weight excluding hydrogens is 416 g/mol. The Balaban J connectivity index is 1.49. The lowest BCUT2D eigenvalue weighted by Gasteiger charge is -2.13. The monoisotopic (exact) mass is 442 g/mol. The summed E-state index contributed by atoms with van der Waals surface area (Å²) in [5.74, 6) is 0.250. The molecule has 0 saturated carbocycles. The van der Waals surface area contributed by atoms with Crippen molar-refractivity contribution in [2.45, 2.75) is 26.7 Å².